The van der Waals surface area contributed by atoms with Crippen molar-refractivity contribution in [1.82, 2.24) is 19.8 Å². The first-order valence-electron chi connectivity index (χ1n) is 6.38. The lowest BCUT2D eigenvalue weighted by atomic mass is 10.3. The number of rotatable bonds is 2. The summed E-state index contributed by atoms with van der Waals surface area (Å²) in [5.41, 5.74) is 0.747. The van der Waals surface area contributed by atoms with Gasteiger partial charge in [0.15, 0.2) is 5.82 Å². The summed E-state index contributed by atoms with van der Waals surface area (Å²) >= 11 is 0. The van der Waals surface area contributed by atoms with Crippen molar-refractivity contribution in [2.45, 2.75) is 6.54 Å². The molecule has 6 heteroatoms. The van der Waals surface area contributed by atoms with Crippen LogP contribution in [0.3, 0.4) is 0 Å². The summed E-state index contributed by atoms with van der Waals surface area (Å²) in [5, 5.41) is 3.28. The van der Waals surface area contributed by atoms with Crippen LogP contribution in [0.2, 0.25) is 0 Å². The summed E-state index contributed by atoms with van der Waals surface area (Å²) in [6, 6.07) is 2.20. The number of benzene rings is 1. The van der Waals surface area contributed by atoms with Crippen molar-refractivity contribution < 1.29 is 8.78 Å². The molecule has 0 saturated carbocycles. The summed E-state index contributed by atoms with van der Waals surface area (Å²) in [6.45, 7) is 4.45. The first kappa shape index (κ1) is 12.5. The van der Waals surface area contributed by atoms with E-state index >= 15 is 0 Å². The molecule has 2 heterocycles. The Morgan fingerprint density at radius 3 is 2.74 bits per heavy atom. The molecule has 0 unspecified atom stereocenters. The lowest BCUT2D eigenvalue weighted by Crippen LogP contribution is -2.43. The molecule has 0 radical (unpaired) electrons. The number of aromatic nitrogens is 2. The van der Waals surface area contributed by atoms with Crippen molar-refractivity contribution in [2.24, 2.45) is 7.05 Å². The zero-order chi connectivity index (χ0) is 13.4. The van der Waals surface area contributed by atoms with Crippen LogP contribution in [0.5, 0.6) is 0 Å². The van der Waals surface area contributed by atoms with Crippen LogP contribution >= 0.6 is 0 Å². The molecule has 1 aromatic heterocycles. The number of hydrogen-bond donors (Lipinski definition) is 1. The van der Waals surface area contributed by atoms with Crippen LogP contribution in [0.15, 0.2) is 12.1 Å². The minimum atomic E-state index is -0.600. The fraction of sp³-hybridized carbons (Fsp3) is 0.462. The zero-order valence-corrected chi connectivity index (χ0v) is 10.8. The molecule has 0 atom stereocenters. The van der Waals surface area contributed by atoms with Crippen LogP contribution in [0.1, 0.15) is 5.82 Å². The van der Waals surface area contributed by atoms with Crippen LogP contribution in [0, 0.1) is 11.6 Å². The average Bonchev–Trinajstić information content (AvgIpc) is 2.69. The second-order valence-corrected chi connectivity index (χ2v) is 4.87. The maximum atomic E-state index is 13.7. The van der Waals surface area contributed by atoms with Crippen LogP contribution in [0.25, 0.3) is 11.0 Å². The lowest BCUT2D eigenvalue weighted by molar-refractivity contribution is 0.226. The lowest BCUT2D eigenvalue weighted by Gasteiger charge is -2.26. The predicted octanol–water partition coefficient (Wildman–Crippen LogP) is 1.26. The van der Waals surface area contributed by atoms with Crippen molar-refractivity contribution in [2.75, 3.05) is 26.2 Å². The van der Waals surface area contributed by atoms with E-state index < -0.39 is 11.6 Å². The molecule has 1 aliphatic heterocycles. The second-order valence-electron chi connectivity index (χ2n) is 4.87. The molecule has 1 saturated heterocycles. The van der Waals surface area contributed by atoms with Gasteiger partial charge in [-0.05, 0) is 6.07 Å². The number of hydrogen-bond acceptors (Lipinski definition) is 3. The van der Waals surface area contributed by atoms with E-state index in [1.165, 1.54) is 6.07 Å². The number of fused-ring (bicyclic) bond motifs is 1. The molecule has 1 N–H and O–H groups in total. The van der Waals surface area contributed by atoms with Gasteiger partial charge in [-0.25, -0.2) is 13.8 Å². The number of nitrogens with zero attached hydrogens (tertiary/aromatic N) is 3. The van der Waals surface area contributed by atoms with E-state index in [4.69, 9.17) is 0 Å². The molecule has 0 amide bonds. The molecule has 1 aliphatic rings. The Hall–Kier alpha value is -1.53. The monoisotopic (exact) mass is 266 g/mol. The normalized spacial score (nSPS) is 17.2. The molecular weight excluding hydrogens is 250 g/mol. The highest BCUT2D eigenvalue weighted by atomic mass is 19.1. The second kappa shape index (κ2) is 4.86. The average molecular weight is 266 g/mol. The number of aryl methyl sites for hydroxylation is 1. The Balaban J connectivity index is 1.95. The summed E-state index contributed by atoms with van der Waals surface area (Å²) in [7, 11) is 1.80. The molecule has 0 spiro atoms. The standard InChI is InChI=1S/C13H16F2N4/c1-18-11-7-9(14)6-10(15)13(11)17-12(18)8-19-4-2-16-3-5-19/h6-7,16H,2-5,8H2,1H3. The third-order valence-corrected chi connectivity index (χ3v) is 3.57. The molecule has 0 aliphatic carbocycles. The highest BCUT2D eigenvalue weighted by molar-refractivity contribution is 5.76. The van der Waals surface area contributed by atoms with E-state index in [2.05, 4.69) is 15.2 Å². The van der Waals surface area contributed by atoms with Gasteiger partial charge in [-0.1, -0.05) is 0 Å². The van der Waals surface area contributed by atoms with E-state index in [9.17, 15) is 8.78 Å². The summed E-state index contributed by atoms with van der Waals surface area (Å²) in [4.78, 5) is 6.56. The van der Waals surface area contributed by atoms with Gasteiger partial charge < -0.3 is 9.88 Å². The predicted molar refractivity (Wildman–Crippen MR) is 68.8 cm³/mol. The van der Waals surface area contributed by atoms with E-state index in [0.29, 0.717) is 12.1 Å². The minimum Gasteiger partial charge on any atom is -0.330 e. The van der Waals surface area contributed by atoms with Gasteiger partial charge in [-0.15, -0.1) is 0 Å². The van der Waals surface area contributed by atoms with Crippen molar-refractivity contribution in [3.05, 3.63) is 29.6 Å². The Bertz CT molecular complexity index is 602. The highest BCUT2D eigenvalue weighted by Gasteiger charge is 2.17. The molecule has 3 rings (SSSR count). The summed E-state index contributed by atoms with van der Waals surface area (Å²) in [5.74, 6) is -0.403. The van der Waals surface area contributed by atoms with Gasteiger partial charge in [0.25, 0.3) is 0 Å². The molecule has 1 fully saturated rings. The molecular formula is C13H16F2N4. The van der Waals surface area contributed by atoms with Gasteiger partial charge in [-0.2, -0.15) is 0 Å². The van der Waals surface area contributed by atoms with Gasteiger partial charge in [0.2, 0.25) is 0 Å². The van der Waals surface area contributed by atoms with E-state index in [-0.39, 0.29) is 5.52 Å². The molecule has 0 bridgehead atoms. The minimum absolute atomic E-state index is 0.244. The van der Waals surface area contributed by atoms with Crippen molar-refractivity contribution in [3.8, 4) is 0 Å². The fourth-order valence-electron chi connectivity index (χ4n) is 2.47. The highest BCUT2D eigenvalue weighted by Crippen LogP contribution is 2.20. The topological polar surface area (TPSA) is 33.1 Å². The molecule has 4 nitrogen and oxygen atoms in total. The number of nitrogens with one attached hydrogen (secondary N) is 1. The largest absolute Gasteiger partial charge is 0.330 e. The number of piperazine rings is 1. The van der Waals surface area contributed by atoms with Crippen molar-refractivity contribution in [3.63, 3.8) is 0 Å². The first-order chi connectivity index (χ1) is 9.15. The van der Waals surface area contributed by atoms with Crippen LogP contribution in [-0.2, 0) is 13.6 Å². The summed E-state index contributed by atoms with van der Waals surface area (Å²) in [6.07, 6.45) is 0. The van der Waals surface area contributed by atoms with Crippen LogP contribution in [0.4, 0.5) is 8.78 Å². The number of imidazole rings is 1. The van der Waals surface area contributed by atoms with Gasteiger partial charge in [0.1, 0.15) is 17.2 Å². The molecule has 102 valence electrons. The zero-order valence-electron chi connectivity index (χ0n) is 10.8. The van der Waals surface area contributed by atoms with Crippen molar-refractivity contribution >= 4 is 11.0 Å². The van der Waals surface area contributed by atoms with E-state index in [0.717, 1.165) is 38.1 Å². The fourth-order valence-corrected chi connectivity index (χ4v) is 2.47. The molecule has 1 aromatic carbocycles. The quantitative estimate of drug-likeness (QED) is 0.888. The Morgan fingerprint density at radius 2 is 2.00 bits per heavy atom. The molecule has 19 heavy (non-hydrogen) atoms. The van der Waals surface area contributed by atoms with Gasteiger partial charge >= 0.3 is 0 Å². The van der Waals surface area contributed by atoms with Crippen LogP contribution in [-0.4, -0.2) is 40.6 Å². The third kappa shape index (κ3) is 2.33. The Kier molecular flexibility index (Phi) is 3.20. The van der Waals surface area contributed by atoms with Crippen molar-refractivity contribution in [1.29, 1.82) is 0 Å². The summed E-state index contributed by atoms with van der Waals surface area (Å²) < 4.78 is 28.7. The number of halogens is 2. The van der Waals surface area contributed by atoms with Crippen LogP contribution < -0.4 is 5.32 Å². The Morgan fingerprint density at radius 1 is 1.26 bits per heavy atom. The maximum Gasteiger partial charge on any atom is 0.153 e. The van der Waals surface area contributed by atoms with E-state index in [1.54, 1.807) is 11.6 Å². The third-order valence-electron chi connectivity index (χ3n) is 3.57. The maximum absolute atomic E-state index is 13.7. The van der Waals surface area contributed by atoms with E-state index in [1.807, 2.05) is 0 Å². The SMILES string of the molecule is Cn1c(CN2CCNCC2)nc2c(F)cc(F)cc21. The van der Waals surface area contributed by atoms with Gasteiger partial charge in [-0.3, -0.25) is 4.90 Å². The molecule has 2 aromatic rings. The van der Waals surface area contributed by atoms with Gasteiger partial charge in [0.05, 0.1) is 12.1 Å². The smallest absolute Gasteiger partial charge is 0.153 e. The first-order valence-corrected chi connectivity index (χ1v) is 6.38. The van der Waals surface area contributed by atoms with Gasteiger partial charge in [0, 0.05) is 39.3 Å². The Labute approximate surface area is 110 Å².